The van der Waals surface area contributed by atoms with Crippen LogP contribution in [0.3, 0.4) is 0 Å². The number of pyridine rings is 1. The largest absolute Gasteiger partial charge is 0.316 e. The van der Waals surface area contributed by atoms with Gasteiger partial charge in [0.15, 0.2) is 0 Å². The zero-order valence-corrected chi connectivity index (χ0v) is 11.5. The lowest BCUT2D eigenvalue weighted by Crippen LogP contribution is -2.55. The topological polar surface area (TPSA) is 24.9 Å². The maximum Gasteiger partial charge on any atom is 0.0410 e. The molecule has 0 radical (unpaired) electrons. The first-order valence-electron chi connectivity index (χ1n) is 5.90. The van der Waals surface area contributed by atoms with E-state index in [4.69, 9.17) is 0 Å². The Kier molecular flexibility index (Phi) is 3.65. The highest BCUT2D eigenvalue weighted by atomic mass is 79.9. The second-order valence-electron chi connectivity index (χ2n) is 5.39. The molecule has 1 fully saturated rings. The monoisotopic (exact) mass is 282 g/mol. The summed E-state index contributed by atoms with van der Waals surface area (Å²) in [6.07, 6.45) is 6.28. The number of hydrogen-bond acceptors (Lipinski definition) is 2. The molecule has 2 nitrogen and oxygen atoms in total. The normalized spacial score (nSPS) is 18.5. The minimum Gasteiger partial charge on any atom is -0.316 e. The predicted octanol–water partition coefficient (Wildman–Crippen LogP) is 3.02. The second kappa shape index (κ2) is 4.84. The van der Waals surface area contributed by atoms with Crippen LogP contribution in [0.4, 0.5) is 0 Å². The van der Waals surface area contributed by atoms with E-state index in [1.54, 1.807) is 0 Å². The quantitative estimate of drug-likeness (QED) is 0.918. The van der Waals surface area contributed by atoms with Crippen LogP contribution in [0.25, 0.3) is 0 Å². The van der Waals surface area contributed by atoms with Gasteiger partial charge in [-0.3, -0.25) is 4.98 Å². The van der Waals surface area contributed by atoms with Crippen molar-refractivity contribution in [3.8, 4) is 0 Å². The van der Waals surface area contributed by atoms with Crippen LogP contribution >= 0.6 is 15.9 Å². The first-order valence-corrected chi connectivity index (χ1v) is 6.69. The molecule has 1 N–H and O–H groups in total. The molecule has 1 aliphatic rings. The van der Waals surface area contributed by atoms with Gasteiger partial charge in [0.2, 0.25) is 0 Å². The minimum absolute atomic E-state index is 0.469. The summed E-state index contributed by atoms with van der Waals surface area (Å²) < 4.78 is 1.08. The first kappa shape index (κ1) is 12.1. The molecule has 0 unspecified atom stereocenters. The van der Waals surface area contributed by atoms with Crippen molar-refractivity contribution in [2.24, 2.45) is 11.3 Å². The molecule has 0 aliphatic carbocycles. The standard InChI is InChI=1S/C13H19BrN2/c1-10(2)4-13(8-16-9-13)5-11-3-12(14)7-15-6-11/h3,6-7,10,16H,4-5,8-9H2,1-2H3. The summed E-state index contributed by atoms with van der Waals surface area (Å²) in [6, 6.07) is 2.19. The number of nitrogens with one attached hydrogen (secondary N) is 1. The first-order chi connectivity index (χ1) is 7.60. The van der Waals surface area contributed by atoms with Crippen LogP contribution in [0.5, 0.6) is 0 Å². The van der Waals surface area contributed by atoms with E-state index in [-0.39, 0.29) is 0 Å². The van der Waals surface area contributed by atoms with Crippen LogP contribution in [-0.2, 0) is 6.42 Å². The van der Waals surface area contributed by atoms with Crippen molar-refractivity contribution in [3.63, 3.8) is 0 Å². The maximum atomic E-state index is 4.24. The molecule has 88 valence electrons. The van der Waals surface area contributed by atoms with Gasteiger partial charge in [-0.15, -0.1) is 0 Å². The van der Waals surface area contributed by atoms with Gasteiger partial charge >= 0.3 is 0 Å². The highest BCUT2D eigenvalue weighted by Gasteiger charge is 2.37. The molecule has 0 bridgehead atoms. The Labute approximate surface area is 106 Å². The molecule has 1 aromatic rings. The Morgan fingerprint density at radius 1 is 1.44 bits per heavy atom. The minimum atomic E-state index is 0.469. The summed E-state index contributed by atoms with van der Waals surface area (Å²) >= 11 is 3.48. The van der Waals surface area contributed by atoms with Crippen LogP contribution in [0.15, 0.2) is 22.9 Å². The number of rotatable bonds is 4. The van der Waals surface area contributed by atoms with E-state index >= 15 is 0 Å². The molecule has 0 saturated carbocycles. The fourth-order valence-electron chi connectivity index (χ4n) is 2.67. The molecule has 1 aliphatic heterocycles. The van der Waals surface area contributed by atoms with E-state index in [2.05, 4.69) is 46.1 Å². The molecule has 1 aromatic heterocycles. The zero-order valence-electron chi connectivity index (χ0n) is 9.96. The Morgan fingerprint density at radius 2 is 2.19 bits per heavy atom. The van der Waals surface area contributed by atoms with E-state index in [1.165, 1.54) is 12.0 Å². The molecule has 0 spiro atoms. The number of halogens is 1. The SMILES string of the molecule is CC(C)CC1(Cc2cncc(Br)c2)CNC1. The lowest BCUT2D eigenvalue weighted by Gasteiger charge is -2.44. The van der Waals surface area contributed by atoms with Crippen LogP contribution in [-0.4, -0.2) is 18.1 Å². The third kappa shape index (κ3) is 2.83. The number of nitrogens with zero attached hydrogens (tertiary/aromatic N) is 1. The third-order valence-electron chi connectivity index (χ3n) is 3.18. The maximum absolute atomic E-state index is 4.24. The fraction of sp³-hybridized carbons (Fsp3) is 0.615. The van der Waals surface area contributed by atoms with Gasteiger partial charge in [-0.2, -0.15) is 0 Å². The second-order valence-corrected chi connectivity index (χ2v) is 6.31. The summed E-state index contributed by atoms with van der Waals surface area (Å²) in [7, 11) is 0. The smallest absolute Gasteiger partial charge is 0.0410 e. The predicted molar refractivity (Wildman–Crippen MR) is 70.4 cm³/mol. The van der Waals surface area contributed by atoms with Crippen molar-refractivity contribution in [2.75, 3.05) is 13.1 Å². The van der Waals surface area contributed by atoms with Gasteiger partial charge in [-0.25, -0.2) is 0 Å². The van der Waals surface area contributed by atoms with E-state index in [9.17, 15) is 0 Å². The van der Waals surface area contributed by atoms with E-state index in [1.807, 2.05) is 12.4 Å². The van der Waals surface area contributed by atoms with Crippen LogP contribution in [0, 0.1) is 11.3 Å². The fourth-order valence-corrected chi connectivity index (χ4v) is 3.08. The van der Waals surface area contributed by atoms with Crippen molar-refractivity contribution in [2.45, 2.75) is 26.7 Å². The molecular formula is C13H19BrN2. The van der Waals surface area contributed by atoms with Crippen molar-refractivity contribution < 1.29 is 0 Å². The zero-order chi connectivity index (χ0) is 11.6. The van der Waals surface area contributed by atoms with Crippen LogP contribution in [0.1, 0.15) is 25.8 Å². The van der Waals surface area contributed by atoms with Crippen LogP contribution < -0.4 is 5.32 Å². The number of aromatic nitrogens is 1. The van der Waals surface area contributed by atoms with Gasteiger partial charge in [0, 0.05) is 30.0 Å². The van der Waals surface area contributed by atoms with Crippen molar-refractivity contribution in [1.29, 1.82) is 0 Å². The Hall–Kier alpha value is -0.410. The summed E-state index contributed by atoms with van der Waals surface area (Å²) in [5.74, 6) is 0.766. The molecule has 1 saturated heterocycles. The summed E-state index contributed by atoms with van der Waals surface area (Å²) in [5.41, 5.74) is 1.81. The highest BCUT2D eigenvalue weighted by Crippen LogP contribution is 2.34. The molecule has 2 rings (SSSR count). The van der Waals surface area contributed by atoms with Crippen molar-refractivity contribution in [3.05, 3.63) is 28.5 Å². The van der Waals surface area contributed by atoms with E-state index < -0.39 is 0 Å². The summed E-state index contributed by atoms with van der Waals surface area (Å²) in [4.78, 5) is 4.24. The van der Waals surface area contributed by atoms with Gasteiger partial charge in [-0.1, -0.05) is 13.8 Å². The molecule has 2 heterocycles. The molecular weight excluding hydrogens is 264 g/mol. The lowest BCUT2D eigenvalue weighted by atomic mass is 9.71. The third-order valence-corrected chi connectivity index (χ3v) is 3.62. The molecule has 0 aromatic carbocycles. The van der Waals surface area contributed by atoms with Gasteiger partial charge in [0.1, 0.15) is 0 Å². The molecule has 16 heavy (non-hydrogen) atoms. The van der Waals surface area contributed by atoms with Gasteiger partial charge in [0.25, 0.3) is 0 Å². The van der Waals surface area contributed by atoms with Crippen molar-refractivity contribution in [1.82, 2.24) is 10.3 Å². The lowest BCUT2D eigenvalue weighted by molar-refractivity contribution is 0.131. The molecule has 0 amide bonds. The Bertz CT molecular complexity index is 359. The van der Waals surface area contributed by atoms with Gasteiger partial charge in [0.05, 0.1) is 0 Å². The molecule has 0 atom stereocenters. The summed E-state index contributed by atoms with van der Waals surface area (Å²) in [5, 5.41) is 3.41. The number of hydrogen-bond donors (Lipinski definition) is 1. The highest BCUT2D eigenvalue weighted by molar-refractivity contribution is 9.10. The average molecular weight is 283 g/mol. The van der Waals surface area contributed by atoms with Crippen molar-refractivity contribution >= 4 is 15.9 Å². The van der Waals surface area contributed by atoms with Crippen LogP contribution in [0.2, 0.25) is 0 Å². The van der Waals surface area contributed by atoms with Gasteiger partial charge in [-0.05, 0) is 51.7 Å². The Morgan fingerprint density at radius 3 is 2.69 bits per heavy atom. The molecule has 3 heteroatoms. The summed E-state index contributed by atoms with van der Waals surface area (Å²) in [6.45, 7) is 6.91. The van der Waals surface area contributed by atoms with E-state index in [0.29, 0.717) is 5.41 Å². The van der Waals surface area contributed by atoms with E-state index in [0.717, 1.165) is 29.9 Å². The average Bonchev–Trinajstić information content (AvgIpc) is 2.13. The van der Waals surface area contributed by atoms with Gasteiger partial charge < -0.3 is 5.32 Å². The Balaban J connectivity index is 2.06.